The number of thiophene rings is 1. The monoisotopic (exact) mass is 427 g/mol. The fraction of sp³-hybridized carbons (Fsp3) is 0.200. The van der Waals surface area contributed by atoms with E-state index in [1.165, 1.54) is 23.1 Å². The molecule has 0 radical (unpaired) electrons. The second-order valence-electron chi connectivity index (χ2n) is 5.99. The van der Waals surface area contributed by atoms with Crippen molar-refractivity contribution in [1.29, 1.82) is 5.26 Å². The van der Waals surface area contributed by atoms with E-state index in [9.17, 15) is 9.59 Å². The molecular formula is C20H17N3O4S2. The number of benzene rings is 1. The Bertz CT molecular complexity index is 1060. The van der Waals surface area contributed by atoms with Gasteiger partial charge in [-0.15, -0.1) is 23.1 Å². The van der Waals surface area contributed by atoms with E-state index < -0.39 is 18.5 Å². The van der Waals surface area contributed by atoms with E-state index in [0.29, 0.717) is 21.9 Å². The molecule has 148 valence electrons. The van der Waals surface area contributed by atoms with Gasteiger partial charge < -0.3 is 14.6 Å². The zero-order chi connectivity index (χ0) is 20.8. The Morgan fingerprint density at radius 1 is 1.31 bits per heavy atom. The van der Waals surface area contributed by atoms with Crippen molar-refractivity contribution < 1.29 is 18.8 Å². The number of hydrogen-bond donors (Lipinski definition) is 1. The molecule has 1 aromatic carbocycles. The summed E-state index contributed by atoms with van der Waals surface area (Å²) in [6, 6.07) is 10.6. The lowest BCUT2D eigenvalue weighted by molar-refractivity contribution is -0.119. The summed E-state index contributed by atoms with van der Waals surface area (Å²) in [5, 5.41) is 17.6. The van der Waals surface area contributed by atoms with Gasteiger partial charge in [-0.1, -0.05) is 17.3 Å². The van der Waals surface area contributed by atoms with E-state index in [0.717, 1.165) is 21.9 Å². The Labute approximate surface area is 175 Å². The molecule has 2 aromatic heterocycles. The highest BCUT2D eigenvalue weighted by molar-refractivity contribution is 7.98. The van der Waals surface area contributed by atoms with E-state index in [2.05, 4.69) is 10.5 Å². The SMILES string of the molecule is Cc1noc(C)c1CSc1ccccc1C(=O)OCC(=O)Nc1sccc1C#N. The normalized spacial score (nSPS) is 10.4. The smallest absolute Gasteiger partial charge is 0.339 e. The van der Waals surface area contributed by atoms with Crippen molar-refractivity contribution in [2.75, 3.05) is 11.9 Å². The van der Waals surface area contributed by atoms with Crippen LogP contribution in [0, 0.1) is 25.2 Å². The van der Waals surface area contributed by atoms with Crippen LogP contribution in [0.25, 0.3) is 0 Å². The molecule has 3 rings (SSSR count). The minimum Gasteiger partial charge on any atom is -0.452 e. The summed E-state index contributed by atoms with van der Waals surface area (Å²) in [6.07, 6.45) is 0. The minimum absolute atomic E-state index is 0.371. The van der Waals surface area contributed by atoms with E-state index in [1.54, 1.807) is 23.6 Å². The second kappa shape index (κ2) is 9.41. The number of aromatic nitrogens is 1. The van der Waals surface area contributed by atoms with Gasteiger partial charge in [-0.05, 0) is 37.4 Å². The lowest BCUT2D eigenvalue weighted by Crippen LogP contribution is -2.21. The maximum atomic E-state index is 12.5. The average Bonchev–Trinajstić information content (AvgIpc) is 3.30. The van der Waals surface area contributed by atoms with Crippen LogP contribution in [0.3, 0.4) is 0 Å². The third kappa shape index (κ3) is 5.04. The number of anilines is 1. The average molecular weight is 428 g/mol. The van der Waals surface area contributed by atoms with Crippen molar-refractivity contribution in [2.45, 2.75) is 24.5 Å². The van der Waals surface area contributed by atoms with Crippen molar-refractivity contribution in [3.05, 3.63) is 63.9 Å². The number of rotatable bonds is 7. The van der Waals surface area contributed by atoms with Crippen LogP contribution in [0.5, 0.6) is 0 Å². The number of hydrogen-bond acceptors (Lipinski definition) is 8. The first-order chi connectivity index (χ1) is 14.0. The number of thioether (sulfide) groups is 1. The predicted molar refractivity (Wildman–Crippen MR) is 110 cm³/mol. The molecule has 0 aliphatic rings. The second-order valence-corrected chi connectivity index (χ2v) is 7.92. The molecule has 0 aliphatic heterocycles. The Balaban J connectivity index is 1.61. The molecule has 3 aromatic rings. The lowest BCUT2D eigenvalue weighted by atomic mass is 10.2. The third-order valence-corrected chi connectivity index (χ3v) is 5.96. The van der Waals surface area contributed by atoms with Gasteiger partial charge in [0, 0.05) is 16.2 Å². The largest absolute Gasteiger partial charge is 0.452 e. The van der Waals surface area contributed by atoms with Gasteiger partial charge in [0.15, 0.2) is 6.61 Å². The fourth-order valence-electron chi connectivity index (χ4n) is 2.48. The quantitative estimate of drug-likeness (QED) is 0.442. The molecule has 2 heterocycles. The van der Waals surface area contributed by atoms with Crippen molar-refractivity contribution in [3.63, 3.8) is 0 Å². The number of aryl methyl sites for hydroxylation is 2. The van der Waals surface area contributed by atoms with E-state index in [1.807, 2.05) is 32.0 Å². The van der Waals surface area contributed by atoms with Crippen molar-refractivity contribution >= 4 is 40.0 Å². The highest BCUT2D eigenvalue weighted by Crippen LogP contribution is 2.29. The molecule has 0 saturated carbocycles. The molecule has 0 unspecified atom stereocenters. The molecule has 29 heavy (non-hydrogen) atoms. The first kappa shape index (κ1) is 20.6. The van der Waals surface area contributed by atoms with E-state index in [4.69, 9.17) is 14.5 Å². The molecule has 0 atom stereocenters. The molecule has 0 spiro atoms. The highest BCUT2D eigenvalue weighted by Gasteiger charge is 2.17. The Hall–Kier alpha value is -3.09. The van der Waals surface area contributed by atoms with Crippen LogP contribution in [0.4, 0.5) is 5.00 Å². The van der Waals surface area contributed by atoms with Gasteiger partial charge in [-0.3, -0.25) is 4.79 Å². The van der Waals surface area contributed by atoms with Crippen LogP contribution in [0.2, 0.25) is 0 Å². The third-order valence-electron chi connectivity index (χ3n) is 4.03. The minimum atomic E-state index is -0.589. The fourth-order valence-corrected chi connectivity index (χ4v) is 4.43. The number of nitrogens with one attached hydrogen (secondary N) is 1. The van der Waals surface area contributed by atoms with Crippen molar-refractivity contribution in [2.24, 2.45) is 0 Å². The van der Waals surface area contributed by atoms with Gasteiger partial charge in [0.05, 0.1) is 16.8 Å². The van der Waals surface area contributed by atoms with Gasteiger partial charge in [-0.25, -0.2) is 4.79 Å². The number of nitrogens with zero attached hydrogens (tertiary/aromatic N) is 2. The molecule has 0 saturated heterocycles. The standard InChI is InChI=1S/C20H17N3O4S2/c1-12-16(13(2)27-23-12)11-29-17-6-4-3-5-15(17)20(25)26-10-18(24)22-19-14(9-21)7-8-28-19/h3-8H,10-11H2,1-2H3,(H,22,24). The molecule has 0 aliphatic carbocycles. The lowest BCUT2D eigenvalue weighted by Gasteiger charge is -2.09. The zero-order valence-corrected chi connectivity index (χ0v) is 17.4. The predicted octanol–water partition coefficient (Wildman–Crippen LogP) is 4.31. The van der Waals surface area contributed by atoms with Crippen molar-refractivity contribution in [1.82, 2.24) is 5.16 Å². The van der Waals surface area contributed by atoms with Gasteiger partial charge in [0.1, 0.15) is 16.8 Å². The molecule has 9 heteroatoms. The highest BCUT2D eigenvalue weighted by atomic mass is 32.2. The molecule has 7 nitrogen and oxygen atoms in total. The van der Waals surface area contributed by atoms with Crippen LogP contribution >= 0.6 is 23.1 Å². The number of nitriles is 1. The topological polar surface area (TPSA) is 105 Å². The Kier molecular flexibility index (Phi) is 6.69. The summed E-state index contributed by atoms with van der Waals surface area (Å²) in [5.74, 6) is 0.255. The van der Waals surface area contributed by atoms with E-state index >= 15 is 0 Å². The van der Waals surface area contributed by atoms with Crippen molar-refractivity contribution in [3.8, 4) is 6.07 Å². The molecule has 0 bridgehead atoms. The molecule has 1 amide bonds. The number of ether oxygens (including phenoxy) is 1. The summed E-state index contributed by atoms with van der Waals surface area (Å²) in [4.78, 5) is 25.3. The molecule has 0 fully saturated rings. The van der Waals surface area contributed by atoms with E-state index in [-0.39, 0.29) is 0 Å². The Morgan fingerprint density at radius 2 is 2.10 bits per heavy atom. The summed E-state index contributed by atoms with van der Waals surface area (Å²) >= 11 is 2.70. The van der Waals surface area contributed by atoms with Gasteiger partial charge >= 0.3 is 5.97 Å². The summed E-state index contributed by atoms with van der Waals surface area (Å²) in [6.45, 7) is 3.28. The van der Waals surface area contributed by atoms with Gasteiger partial charge in [-0.2, -0.15) is 5.26 Å². The van der Waals surface area contributed by atoms with Gasteiger partial charge in [0.2, 0.25) is 0 Å². The summed E-state index contributed by atoms with van der Waals surface area (Å²) in [7, 11) is 0. The molecular weight excluding hydrogens is 410 g/mol. The first-order valence-electron chi connectivity index (χ1n) is 8.57. The number of carbonyl (C=O) groups excluding carboxylic acids is 2. The van der Waals surface area contributed by atoms with Crippen LogP contribution in [0.15, 0.2) is 45.1 Å². The number of carbonyl (C=O) groups is 2. The van der Waals surface area contributed by atoms with Gasteiger partial charge in [0.25, 0.3) is 5.91 Å². The first-order valence-corrected chi connectivity index (χ1v) is 10.4. The number of esters is 1. The van der Waals surface area contributed by atoms with Crippen LogP contribution in [-0.2, 0) is 15.3 Å². The maximum Gasteiger partial charge on any atom is 0.339 e. The van der Waals surface area contributed by atoms with Crippen LogP contribution < -0.4 is 5.32 Å². The van der Waals surface area contributed by atoms with Crippen LogP contribution in [-0.4, -0.2) is 23.6 Å². The summed E-state index contributed by atoms with van der Waals surface area (Å²) < 4.78 is 10.3. The molecule has 1 N–H and O–H groups in total. The zero-order valence-electron chi connectivity index (χ0n) is 15.7. The number of amides is 1. The Morgan fingerprint density at radius 3 is 2.83 bits per heavy atom. The summed E-state index contributed by atoms with van der Waals surface area (Å²) in [5.41, 5.74) is 2.56. The maximum absolute atomic E-state index is 12.5. The van der Waals surface area contributed by atoms with Crippen LogP contribution in [0.1, 0.15) is 32.9 Å².